The van der Waals surface area contributed by atoms with Crippen molar-refractivity contribution < 1.29 is 27.4 Å². The third-order valence-electron chi connectivity index (χ3n) is 5.74. The number of alkyl halides is 3. The summed E-state index contributed by atoms with van der Waals surface area (Å²) in [6.07, 6.45) is -3.24. The second kappa shape index (κ2) is 12.0. The molecular formula is C30H22BrF3N2O3. The number of ether oxygens (including phenoxy) is 2. The van der Waals surface area contributed by atoms with E-state index >= 15 is 0 Å². The van der Waals surface area contributed by atoms with E-state index in [1.165, 1.54) is 18.2 Å². The van der Waals surface area contributed by atoms with Gasteiger partial charge in [0.15, 0.2) is 11.5 Å². The molecule has 0 aliphatic heterocycles. The summed E-state index contributed by atoms with van der Waals surface area (Å²) < 4.78 is 51.4. The first-order chi connectivity index (χ1) is 18.7. The molecule has 0 fully saturated rings. The number of nitriles is 1. The average molecular weight is 595 g/mol. The third-order valence-corrected chi connectivity index (χ3v) is 6.43. The van der Waals surface area contributed by atoms with E-state index < -0.39 is 17.6 Å². The highest BCUT2D eigenvalue weighted by atomic mass is 79.9. The van der Waals surface area contributed by atoms with Gasteiger partial charge in [-0.05, 0) is 65.2 Å². The fourth-order valence-corrected chi connectivity index (χ4v) is 4.33. The molecule has 198 valence electrons. The van der Waals surface area contributed by atoms with Crippen LogP contribution in [0, 0.1) is 11.3 Å². The van der Waals surface area contributed by atoms with Crippen LogP contribution >= 0.6 is 15.9 Å². The van der Waals surface area contributed by atoms with Gasteiger partial charge in [-0.15, -0.1) is 0 Å². The Morgan fingerprint density at radius 3 is 2.46 bits per heavy atom. The first-order valence-corrected chi connectivity index (χ1v) is 12.6. The zero-order valence-corrected chi connectivity index (χ0v) is 22.3. The standard InChI is InChI=1S/C30H22BrF3N2O3/c1-2-38-27-14-21(13-22(17-35)29(37)36-24-11-6-10-23(15-24)30(32,33)34)26(31)16-28(27)39-18-20-9-5-8-19-7-3-4-12-25(19)20/h3-16H,2,18H2,1H3,(H,36,37)/b22-13-. The van der Waals surface area contributed by atoms with E-state index in [1.54, 1.807) is 18.2 Å². The van der Waals surface area contributed by atoms with E-state index in [4.69, 9.17) is 9.47 Å². The maximum Gasteiger partial charge on any atom is 0.416 e. The van der Waals surface area contributed by atoms with E-state index in [0.29, 0.717) is 28.1 Å². The summed E-state index contributed by atoms with van der Waals surface area (Å²) in [5, 5.41) is 14.1. The van der Waals surface area contributed by atoms with Crippen molar-refractivity contribution in [3.63, 3.8) is 0 Å². The molecule has 4 aromatic rings. The molecule has 0 atom stereocenters. The van der Waals surface area contributed by atoms with Crippen molar-refractivity contribution >= 4 is 44.4 Å². The predicted octanol–water partition coefficient (Wildman–Crippen LogP) is 8.14. The van der Waals surface area contributed by atoms with Crippen LogP contribution in [0.1, 0.15) is 23.6 Å². The zero-order valence-electron chi connectivity index (χ0n) is 20.7. The normalized spacial score (nSPS) is 11.6. The molecule has 0 bridgehead atoms. The lowest BCUT2D eigenvalue weighted by molar-refractivity contribution is -0.137. The van der Waals surface area contributed by atoms with Crippen molar-refractivity contribution in [3.05, 3.63) is 106 Å². The van der Waals surface area contributed by atoms with Crippen molar-refractivity contribution in [2.24, 2.45) is 0 Å². The molecule has 1 N–H and O–H groups in total. The highest BCUT2D eigenvalue weighted by Crippen LogP contribution is 2.36. The van der Waals surface area contributed by atoms with Gasteiger partial charge < -0.3 is 14.8 Å². The highest BCUT2D eigenvalue weighted by molar-refractivity contribution is 9.10. The van der Waals surface area contributed by atoms with Crippen molar-refractivity contribution in [1.82, 2.24) is 0 Å². The molecule has 1 amide bonds. The number of carbonyl (C=O) groups excluding carboxylic acids is 1. The van der Waals surface area contributed by atoms with E-state index in [1.807, 2.05) is 49.4 Å². The summed E-state index contributed by atoms with van der Waals surface area (Å²) in [6, 6.07) is 23.3. The topological polar surface area (TPSA) is 71.3 Å². The third kappa shape index (κ3) is 6.78. The van der Waals surface area contributed by atoms with Gasteiger partial charge in [0.2, 0.25) is 0 Å². The number of amides is 1. The molecule has 9 heteroatoms. The zero-order chi connectivity index (χ0) is 28.0. The van der Waals surface area contributed by atoms with Crippen LogP contribution in [0.2, 0.25) is 0 Å². The van der Waals surface area contributed by atoms with E-state index in [2.05, 4.69) is 21.2 Å². The van der Waals surface area contributed by atoms with Gasteiger partial charge in [-0.2, -0.15) is 18.4 Å². The number of benzene rings is 4. The Morgan fingerprint density at radius 2 is 1.72 bits per heavy atom. The number of hydrogen-bond donors (Lipinski definition) is 1. The molecule has 0 saturated heterocycles. The summed E-state index contributed by atoms with van der Waals surface area (Å²) in [5.74, 6) is 0.0152. The van der Waals surface area contributed by atoms with Gasteiger partial charge in [-0.25, -0.2) is 0 Å². The fourth-order valence-electron chi connectivity index (χ4n) is 3.89. The van der Waals surface area contributed by atoms with E-state index in [0.717, 1.165) is 28.5 Å². The predicted molar refractivity (Wildman–Crippen MR) is 147 cm³/mol. The molecule has 0 unspecified atom stereocenters. The molecule has 0 aliphatic carbocycles. The molecule has 0 radical (unpaired) electrons. The number of rotatable bonds is 8. The van der Waals surface area contributed by atoms with Gasteiger partial charge in [0.25, 0.3) is 5.91 Å². The molecule has 0 aromatic heterocycles. The first-order valence-electron chi connectivity index (χ1n) is 11.9. The Hall–Kier alpha value is -4.29. The molecule has 39 heavy (non-hydrogen) atoms. The van der Waals surface area contributed by atoms with Gasteiger partial charge in [0, 0.05) is 10.2 Å². The monoisotopic (exact) mass is 594 g/mol. The maximum absolute atomic E-state index is 13.0. The molecule has 0 aliphatic rings. The summed E-state index contributed by atoms with van der Waals surface area (Å²) >= 11 is 3.46. The summed E-state index contributed by atoms with van der Waals surface area (Å²) in [7, 11) is 0. The molecule has 0 spiro atoms. The first kappa shape index (κ1) is 27.7. The second-order valence-corrected chi connectivity index (χ2v) is 9.24. The molecule has 0 heterocycles. The van der Waals surface area contributed by atoms with Crippen LogP contribution in [-0.2, 0) is 17.6 Å². The molecular weight excluding hydrogens is 573 g/mol. The van der Waals surface area contributed by atoms with Crippen molar-refractivity contribution in [1.29, 1.82) is 5.26 Å². The smallest absolute Gasteiger partial charge is 0.416 e. The Morgan fingerprint density at radius 1 is 1.00 bits per heavy atom. The number of hydrogen-bond acceptors (Lipinski definition) is 4. The Kier molecular flexibility index (Phi) is 8.57. The number of nitrogens with one attached hydrogen (secondary N) is 1. The van der Waals surface area contributed by atoms with Crippen LogP contribution in [0.3, 0.4) is 0 Å². The molecule has 4 rings (SSSR count). The average Bonchev–Trinajstić information content (AvgIpc) is 2.92. The number of carbonyl (C=O) groups is 1. The SMILES string of the molecule is CCOc1cc(/C=C(/C#N)C(=O)Nc2cccc(C(F)(F)F)c2)c(Br)cc1OCc1cccc2ccccc12. The van der Waals surface area contributed by atoms with Crippen LogP contribution < -0.4 is 14.8 Å². The van der Waals surface area contributed by atoms with Gasteiger partial charge in [0.05, 0.1) is 12.2 Å². The number of anilines is 1. The van der Waals surface area contributed by atoms with Crippen LogP contribution in [0.25, 0.3) is 16.8 Å². The van der Waals surface area contributed by atoms with Crippen LogP contribution in [0.4, 0.5) is 18.9 Å². The highest BCUT2D eigenvalue weighted by Gasteiger charge is 2.30. The number of halogens is 4. The largest absolute Gasteiger partial charge is 0.490 e. The summed E-state index contributed by atoms with van der Waals surface area (Å²) in [4.78, 5) is 12.7. The van der Waals surface area contributed by atoms with Gasteiger partial charge in [-0.3, -0.25) is 4.79 Å². The van der Waals surface area contributed by atoms with Crippen LogP contribution in [0.5, 0.6) is 11.5 Å². The minimum Gasteiger partial charge on any atom is -0.490 e. The van der Waals surface area contributed by atoms with Crippen LogP contribution in [0.15, 0.2) is 88.9 Å². The molecule has 5 nitrogen and oxygen atoms in total. The summed E-state index contributed by atoms with van der Waals surface area (Å²) in [6.45, 7) is 2.44. The van der Waals surface area contributed by atoms with E-state index in [-0.39, 0.29) is 17.9 Å². The Balaban J connectivity index is 1.58. The Bertz CT molecular complexity index is 1590. The number of fused-ring (bicyclic) bond motifs is 1. The summed E-state index contributed by atoms with van der Waals surface area (Å²) in [5.41, 5.74) is 0.147. The van der Waals surface area contributed by atoms with E-state index in [9.17, 15) is 23.2 Å². The quantitative estimate of drug-likeness (QED) is 0.165. The minimum atomic E-state index is -4.56. The van der Waals surface area contributed by atoms with Gasteiger partial charge >= 0.3 is 6.18 Å². The lowest BCUT2D eigenvalue weighted by atomic mass is 10.1. The molecule has 0 saturated carbocycles. The maximum atomic E-state index is 13.0. The van der Waals surface area contributed by atoms with Crippen molar-refractivity contribution in [2.75, 3.05) is 11.9 Å². The van der Waals surface area contributed by atoms with Crippen LogP contribution in [-0.4, -0.2) is 12.5 Å². The van der Waals surface area contributed by atoms with Gasteiger partial charge in [-0.1, -0.05) is 64.5 Å². The fraction of sp³-hybridized carbons (Fsp3) is 0.133. The van der Waals surface area contributed by atoms with Crippen molar-refractivity contribution in [3.8, 4) is 17.6 Å². The Labute approximate surface area is 231 Å². The lowest BCUT2D eigenvalue weighted by Crippen LogP contribution is -2.14. The second-order valence-electron chi connectivity index (χ2n) is 8.38. The lowest BCUT2D eigenvalue weighted by Gasteiger charge is -2.15. The van der Waals surface area contributed by atoms with Gasteiger partial charge in [0.1, 0.15) is 18.2 Å². The number of nitrogens with zero attached hydrogens (tertiary/aromatic N) is 1. The molecule has 4 aromatic carbocycles. The van der Waals surface area contributed by atoms with Crippen molar-refractivity contribution in [2.45, 2.75) is 19.7 Å². The minimum absolute atomic E-state index is 0.0813.